The zero-order valence-corrected chi connectivity index (χ0v) is 9.76. The highest BCUT2D eigenvalue weighted by molar-refractivity contribution is 5.23. The third kappa shape index (κ3) is 2.25. The van der Waals surface area contributed by atoms with Crippen LogP contribution in [0, 0.1) is 11.3 Å². The zero-order chi connectivity index (χ0) is 11.4. The van der Waals surface area contributed by atoms with E-state index in [0.717, 1.165) is 13.1 Å². The number of benzene rings is 1. The molecule has 0 N–H and O–H groups in total. The number of nitrogens with zero attached hydrogens (tertiary/aromatic N) is 2. The van der Waals surface area contributed by atoms with E-state index in [4.69, 9.17) is 0 Å². The van der Waals surface area contributed by atoms with E-state index in [2.05, 4.69) is 30.0 Å². The Hall–Kier alpha value is -1.33. The second kappa shape index (κ2) is 5.14. The summed E-state index contributed by atoms with van der Waals surface area (Å²) in [6, 6.07) is 12.8. The van der Waals surface area contributed by atoms with Gasteiger partial charge in [0.25, 0.3) is 0 Å². The van der Waals surface area contributed by atoms with Gasteiger partial charge in [0.1, 0.15) is 6.04 Å². The van der Waals surface area contributed by atoms with Gasteiger partial charge >= 0.3 is 0 Å². The molecular formula is C14H18N2. The SMILES string of the molecule is CC(c1ccccc1)C(C#N)N1CCCC1. The maximum atomic E-state index is 9.33. The van der Waals surface area contributed by atoms with Crippen molar-refractivity contribution in [2.75, 3.05) is 13.1 Å². The molecule has 2 unspecified atom stereocenters. The van der Waals surface area contributed by atoms with Gasteiger partial charge in [-0.1, -0.05) is 37.3 Å². The van der Waals surface area contributed by atoms with Crippen molar-refractivity contribution < 1.29 is 0 Å². The molecule has 2 nitrogen and oxygen atoms in total. The highest BCUT2D eigenvalue weighted by Crippen LogP contribution is 2.25. The molecule has 84 valence electrons. The van der Waals surface area contributed by atoms with Crippen molar-refractivity contribution in [3.63, 3.8) is 0 Å². The van der Waals surface area contributed by atoms with Crippen LogP contribution in [0.2, 0.25) is 0 Å². The Balaban J connectivity index is 2.13. The van der Waals surface area contributed by atoms with E-state index in [1.165, 1.54) is 18.4 Å². The third-order valence-corrected chi connectivity index (χ3v) is 3.47. The van der Waals surface area contributed by atoms with Gasteiger partial charge in [-0.15, -0.1) is 0 Å². The Kier molecular flexibility index (Phi) is 3.58. The molecule has 1 aromatic carbocycles. The normalized spacial score (nSPS) is 20.2. The number of nitriles is 1. The van der Waals surface area contributed by atoms with E-state index < -0.39 is 0 Å². The Labute approximate surface area is 97.5 Å². The summed E-state index contributed by atoms with van der Waals surface area (Å²) in [4.78, 5) is 2.32. The summed E-state index contributed by atoms with van der Waals surface area (Å²) in [6.45, 7) is 4.31. The van der Waals surface area contributed by atoms with Gasteiger partial charge < -0.3 is 0 Å². The molecule has 0 spiro atoms. The third-order valence-electron chi connectivity index (χ3n) is 3.47. The monoisotopic (exact) mass is 214 g/mol. The van der Waals surface area contributed by atoms with E-state index in [1.54, 1.807) is 0 Å². The highest BCUT2D eigenvalue weighted by Gasteiger charge is 2.27. The van der Waals surface area contributed by atoms with E-state index >= 15 is 0 Å². The fourth-order valence-electron chi connectivity index (χ4n) is 2.47. The lowest BCUT2D eigenvalue weighted by molar-refractivity contribution is 0.263. The molecule has 0 amide bonds. The molecule has 2 rings (SSSR count). The molecule has 16 heavy (non-hydrogen) atoms. The van der Waals surface area contributed by atoms with E-state index in [9.17, 15) is 5.26 Å². The fraction of sp³-hybridized carbons (Fsp3) is 0.500. The molecule has 1 fully saturated rings. The van der Waals surface area contributed by atoms with Crippen LogP contribution in [0.3, 0.4) is 0 Å². The second-order valence-electron chi connectivity index (χ2n) is 4.52. The average molecular weight is 214 g/mol. The van der Waals surface area contributed by atoms with Crippen molar-refractivity contribution in [2.24, 2.45) is 0 Å². The average Bonchev–Trinajstić information content (AvgIpc) is 2.85. The molecule has 2 atom stereocenters. The Morgan fingerprint density at radius 3 is 2.38 bits per heavy atom. The molecule has 0 aromatic heterocycles. The van der Waals surface area contributed by atoms with Crippen molar-refractivity contribution in [1.82, 2.24) is 4.90 Å². The number of rotatable bonds is 3. The molecule has 1 heterocycles. The van der Waals surface area contributed by atoms with Crippen LogP contribution >= 0.6 is 0 Å². The summed E-state index contributed by atoms with van der Waals surface area (Å²) in [5.41, 5.74) is 1.26. The molecule has 1 aliphatic heterocycles. The van der Waals surface area contributed by atoms with Gasteiger partial charge in [-0.2, -0.15) is 5.26 Å². The standard InChI is InChI=1S/C14H18N2/c1-12(13-7-3-2-4-8-13)14(11-15)16-9-5-6-10-16/h2-4,7-8,12,14H,5-6,9-10H2,1H3. The second-order valence-corrected chi connectivity index (χ2v) is 4.52. The topological polar surface area (TPSA) is 27.0 Å². The van der Waals surface area contributed by atoms with Gasteiger partial charge in [-0.05, 0) is 31.5 Å². The Bertz CT molecular complexity index is 360. The minimum Gasteiger partial charge on any atom is -0.288 e. The van der Waals surface area contributed by atoms with E-state index in [-0.39, 0.29) is 6.04 Å². The predicted molar refractivity (Wildman–Crippen MR) is 65.1 cm³/mol. The highest BCUT2D eigenvalue weighted by atomic mass is 15.2. The fourth-order valence-corrected chi connectivity index (χ4v) is 2.47. The molecule has 1 saturated heterocycles. The van der Waals surface area contributed by atoms with Crippen molar-refractivity contribution in [3.05, 3.63) is 35.9 Å². The first-order valence-corrected chi connectivity index (χ1v) is 6.01. The van der Waals surface area contributed by atoms with Gasteiger partial charge in [0.05, 0.1) is 6.07 Å². The first kappa shape index (κ1) is 11.2. The summed E-state index contributed by atoms with van der Waals surface area (Å²) in [6.07, 6.45) is 2.47. The van der Waals surface area contributed by atoms with Crippen LogP contribution < -0.4 is 0 Å². The van der Waals surface area contributed by atoms with Crippen LogP contribution in [-0.2, 0) is 0 Å². The lowest BCUT2D eigenvalue weighted by Crippen LogP contribution is -2.35. The molecule has 1 aromatic rings. The Morgan fingerprint density at radius 1 is 1.19 bits per heavy atom. The molecule has 0 saturated carbocycles. The lowest BCUT2D eigenvalue weighted by Gasteiger charge is -2.27. The smallest absolute Gasteiger partial charge is 0.104 e. The maximum Gasteiger partial charge on any atom is 0.104 e. The first-order valence-electron chi connectivity index (χ1n) is 6.01. The summed E-state index contributed by atoms with van der Waals surface area (Å²) in [5, 5.41) is 9.33. The van der Waals surface area contributed by atoms with Gasteiger partial charge in [0.15, 0.2) is 0 Å². The van der Waals surface area contributed by atoms with Crippen LogP contribution in [0.15, 0.2) is 30.3 Å². The minimum atomic E-state index is 0.0323. The summed E-state index contributed by atoms with van der Waals surface area (Å²) in [7, 11) is 0. The molecule has 1 aliphatic rings. The molecule has 2 heteroatoms. The Morgan fingerprint density at radius 2 is 1.81 bits per heavy atom. The van der Waals surface area contributed by atoms with Crippen molar-refractivity contribution >= 4 is 0 Å². The van der Waals surface area contributed by atoms with Crippen molar-refractivity contribution in [1.29, 1.82) is 5.26 Å². The zero-order valence-electron chi connectivity index (χ0n) is 9.76. The first-order chi connectivity index (χ1) is 7.83. The number of hydrogen-bond donors (Lipinski definition) is 0. The molecular weight excluding hydrogens is 196 g/mol. The molecule has 0 radical (unpaired) electrons. The lowest BCUT2D eigenvalue weighted by atomic mass is 9.93. The summed E-state index contributed by atoms with van der Waals surface area (Å²) >= 11 is 0. The maximum absolute atomic E-state index is 9.33. The van der Waals surface area contributed by atoms with Crippen LogP contribution in [0.5, 0.6) is 0 Å². The number of likely N-dealkylation sites (tertiary alicyclic amines) is 1. The number of hydrogen-bond acceptors (Lipinski definition) is 2. The van der Waals surface area contributed by atoms with Crippen molar-refractivity contribution in [3.8, 4) is 6.07 Å². The summed E-state index contributed by atoms with van der Waals surface area (Å²) in [5.74, 6) is 0.296. The van der Waals surface area contributed by atoms with Gasteiger partial charge in [-0.25, -0.2) is 0 Å². The largest absolute Gasteiger partial charge is 0.288 e. The van der Waals surface area contributed by atoms with Crippen LogP contribution in [0.4, 0.5) is 0 Å². The van der Waals surface area contributed by atoms with Gasteiger partial charge in [0.2, 0.25) is 0 Å². The van der Waals surface area contributed by atoms with E-state index in [0.29, 0.717) is 5.92 Å². The molecule has 0 bridgehead atoms. The minimum absolute atomic E-state index is 0.0323. The van der Waals surface area contributed by atoms with Crippen LogP contribution in [0.1, 0.15) is 31.2 Å². The quantitative estimate of drug-likeness (QED) is 0.773. The summed E-state index contributed by atoms with van der Waals surface area (Å²) < 4.78 is 0. The van der Waals surface area contributed by atoms with Gasteiger partial charge in [-0.3, -0.25) is 4.90 Å². The van der Waals surface area contributed by atoms with E-state index in [1.807, 2.05) is 18.2 Å². The predicted octanol–water partition coefficient (Wildman–Crippen LogP) is 2.78. The van der Waals surface area contributed by atoms with Gasteiger partial charge in [0, 0.05) is 5.92 Å². The van der Waals surface area contributed by atoms with Crippen LogP contribution in [-0.4, -0.2) is 24.0 Å². The molecule has 0 aliphatic carbocycles. The van der Waals surface area contributed by atoms with Crippen LogP contribution in [0.25, 0.3) is 0 Å². The van der Waals surface area contributed by atoms with Crippen molar-refractivity contribution in [2.45, 2.75) is 31.7 Å².